The molecular formula is C43H79NO8. The number of allylic oxidation sites excluding steroid dienone is 5. The summed E-state index contributed by atoms with van der Waals surface area (Å²) >= 11 is 0. The molecule has 9 nitrogen and oxygen atoms in total. The number of unbranched alkanes of at least 4 members (excludes halogenated alkanes) is 20. The Bertz CT molecular complexity index is 910. The van der Waals surface area contributed by atoms with Crippen molar-refractivity contribution in [3.8, 4) is 0 Å². The summed E-state index contributed by atoms with van der Waals surface area (Å²) in [4.78, 5) is 12.9. The van der Waals surface area contributed by atoms with Gasteiger partial charge in [-0.15, -0.1) is 0 Å². The standard InChI is InChI=1S/C43H79NO8/c1-3-5-7-9-11-13-14-15-16-17-18-19-20-21-22-23-24-25-27-29-31-33-39(47)44-36(37(46)32-30-28-26-12-10-8-6-4-2)35-51-43-42(50)41(49)40(48)38(34-45)52-43/h10,12,17-18,30,32,36-38,40-43,45-46,48-50H,3-9,11,13-16,19-29,31,33-35H2,1-2H3,(H,44,47)/b12-10+,18-17-,32-30+. The minimum absolute atomic E-state index is 0.194. The van der Waals surface area contributed by atoms with Gasteiger partial charge in [-0.3, -0.25) is 4.79 Å². The lowest BCUT2D eigenvalue weighted by atomic mass is 9.99. The number of carbonyl (C=O) groups is 1. The summed E-state index contributed by atoms with van der Waals surface area (Å²) < 4.78 is 11.1. The van der Waals surface area contributed by atoms with E-state index in [1.807, 2.05) is 6.08 Å². The van der Waals surface area contributed by atoms with Gasteiger partial charge in [0.05, 0.1) is 25.4 Å². The number of amides is 1. The maximum absolute atomic E-state index is 12.9. The van der Waals surface area contributed by atoms with E-state index in [1.165, 1.54) is 109 Å². The van der Waals surface area contributed by atoms with E-state index < -0.39 is 49.5 Å². The molecule has 0 radical (unpaired) electrons. The van der Waals surface area contributed by atoms with Gasteiger partial charge >= 0.3 is 0 Å². The maximum atomic E-state index is 12.9. The van der Waals surface area contributed by atoms with Gasteiger partial charge < -0.3 is 40.3 Å². The van der Waals surface area contributed by atoms with Crippen molar-refractivity contribution in [3.05, 3.63) is 36.5 Å². The average Bonchev–Trinajstić information content (AvgIpc) is 3.14. The summed E-state index contributed by atoms with van der Waals surface area (Å²) in [5, 5.41) is 53.8. The third-order valence-electron chi connectivity index (χ3n) is 9.94. The smallest absolute Gasteiger partial charge is 0.220 e. The largest absolute Gasteiger partial charge is 0.394 e. The molecule has 52 heavy (non-hydrogen) atoms. The first-order valence-electron chi connectivity index (χ1n) is 21.2. The monoisotopic (exact) mass is 738 g/mol. The van der Waals surface area contributed by atoms with Crippen molar-refractivity contribution >= 4 is 5.91 Å². The summed E-state index contributed by atoms with van der Waals surface area (Å²) in [5.41, 5.74) is 0. The molecule has 1 fully saturated rings. The van der Waals surface area contributed by atoms with E-state index in [1.54, 1.807) is 6.08 Å². The Labute approximate surface area is 317 Å². The lowest BCUT2D eigenvalue weighted by molar-refractivity contribution is -0.302. The normalized spacial score (nSPS) is 22.2. The molecule has 0 aliphatic carbocycles. The summed E-state index contributed by atoms with van der Waals surface area (Å²) in [5.74, 6) is -0.194. The third-order valence-corrected chi connectivity index (χ3v) is 9.94. The maximum Gasteiger partial charge on any atom is 0.220 e. The number of nitrogens with one attached hydrogen (secondary N) is 1. The minimum atomic E-state index is -1.57. The van der Waals surface area contributed by atoms with E-state index in [0.29, 0.717) is 6.42 Å². The van der Waals surface area contributed by atoms with Crippen LogP contribution in [-0.4, -0.2) is 87.5 Å². The molecular weight excluding hydrogens is 658 g/mol. The van der Waals surface area contributed by atoms with Crippen LogP contribution in [0.4, 0.5) is 0 Å². The molecule has 0 aromatic carbocycles. The second-order valence-electron chi connectivity index (χ2n) is 14.8. The second-order valence-corrected chi connectivity index (χ2v) is 14.8. The molecule has 1 heterocycles. The first-order valence-corrected chi connectivity index (χ1v) is 21.2. The van der Waals surface area contributed by atoms with Gasteiger partial charge in [0.2, 0.25) is 5.91 Å². The van der Waals surface area contributed by atoms with E-state index in [0.717, 1.165) is 44.9 Å². The minimum Gasteiger partial charge on any atom is -0.394 e. The van der Waals surface area contributed by atoms with Crippen LogP contribution in [-0.2, 0) is 14.3 Å². The van der Waals surface area contributed by atoms with Crippen molar-refractivity contribution in [1.29, 1.82) is 0 Å². The molecule has 1 rings (SSSR count). The predicted molar refractivity (Wildman–Crippen MR) is 212 cm³/mol. The predicted octanol–water partition coefficient (Wildman–Crippen LogP) is 8.11. The highest BCUT2D eigenvalue weighted by Gasteiger charge is 2.44. The van der Waals surface area contributed by atoms with Crippen LogP contribution in [0, 0.1) is 0 Å². The quantitative estimate of drug-likeness (QED) is 0.0287. The number of carbonyl (C=O) groups excluding carboxylic acids is 1. The molecule has 0 aromatic heterocycles. The van der Waals surface area contributed by atoms with Crippen molar-refractivity contribution in [2.45, 2.75) is 217 Å². The van der Waals surface area contributed by atoms with Crippen molar-refractivity contribution in [2.24, 2.45) is 0 Å². The number of aliphatic hydroxyl groups is 5. The van der Waals surface area contributed by atoms with Crippen molar-refractivity contribution in [3.63, 3.8) is 0 Å². The van der Waals surface area contributed by atoms with E-state index in [-0.39, 0.29) is 12.5 Å². The lowest BCUT2D eigenvalue weighted by Crippen LogP contribution is -2.60. The van der Waals surface area contributed by atoms with Gasteiger partial charge in [-0.1, -0.05) is 153 Å². The van der Waals surface area contributed by atoms with E-state index >= 15 is 0 Å². The molecule has 0 aromatic rings. The summed E-state index contributed by atoms with van der Waals surface area (Å²) in [6.07, 6.45) is 33.6. The Balaban J connectivity index is 2.29. The first kappa shape index (κ1) is 48.4. The fourth-order valence-corrected chi connectivity index (χ4v) is 6.45. The van der Waals surface area contributed by atoms with Gasteiger partial charge in [-0.05, 0) is 51.4 Å². The summed E-state index contributed by atoms with van der Waals surface area (Å²) in [7, 11) is 0. The Morgan fingerprint density at radius 2 is 1.12 bits per heavy atom. The molecule has 6 N–H and O–H groups in total. The Morgan fingerprint density at radius 3 is 1.67 bits per heavy atom. The SMILES string of the molecule is CCCC/C=C/CC/C=C/C(O)C(COC1OC(CO)C(O)C(O)C1O)NC(=O)CCCCCCCCCCC/C=C\CCCCCCCCCC. The zero-order valence-corrected chi connectivity index (χ0v) is 33.1. The highest BCUT2D eigenvalue weighted by molar-refractivity contribution is 5.76. The van der Waals surface area contributed by atoms with Gasteiger partial charge in [-0.2, -0.15) is 0 Å². The van der Waals surface area contributed by atoms with Gasteiger partial charge in [0.1, 0.15) is 24.4 Å². The number of rotatable bonds is 34. The number of aliphatic hydroxyl groups excluding tert-OH is 5. The Morgan fingerprint density at radius 1 is 0.635 bits per heavy atom. The molecule has 1 amide bonds. The van der Waals surface area contributed by atoms with E-state index in [9.17, 15) is 30.3 Å². The van der Waals surface area contributed by atoms with Crippen LogP contribution in [0.25, 0.3) is 0 Å². The van der Waals surface area contributed by atoms with E-state index in [2.05, 4.69) is 43.5 Å². The number of hydrogen-bond donors (Lipinski definition) is 6. The lowest BCUT2D eigenvalue weighted by Gasteiger charge is -2.40. The molecule has 9 heteroatoms. The molecule has 0 saturated carbocycles. The van der Waals surface area contributed by atoms with Crippen LogP contribution in [0.5, 0.6) is 0 Å². The molecule has 1 aliphatic rings. The highest BCUT2D eigenvalue weighted by atomic mass is 16.7. The molecule has 7 unspecified atom stereocenters. The van der Waals surface area contributed by atoms with Gasteiger partial charge in [0.15, 0.2) is 6.29 Å². The Kier molecular flexibility index (Phi) is 31.6. The van der Waals surface area contributed by atoms with Crippen LogP contribution in [0.15, 0.2) is 36.5 Å². The van der Waals surface area contributed by atoms with Crippen LogP contribution in [0.1, 0.15) is 174 Å². The van der Waals surface area contributed by atoms with Crippen molar-refractivity contribution in [2.75, 3.05) is 13.2 Å². The van der Waals surface area contributed by atoms with Crippen LogP contribution >= 0.6 is 0 Å². The van der Waals surface area contributed by atoms with Crippen LogP contribution < -0.4 is 5.32 Å². The zero-order chi connectivity index (χ0) is 38.1. The molecule has 304 valence electrons. The molecule has 0 spiro atoms. The van der Waals surface area contributed by atoms with Crippen molar-refractivity contribution < 1.29 is 39.8 Å². The van der Waals surface area contributed by atoms with Gasteiger partial charge in [0, 0.05) is 6.42 Å². The van der Waals surface area contributed by atoms with Gasteiger partial charge in [0.25, 0.3) is 0 Å². The second kappa shape index (κ2) is 33.9. The highest BCUT2D eigenvalue weighted by Crippen LogP contribution is 2.22. The summed E-state index contributed by atoms with van der Waals surface area (Å²) in [6, 6.07) is -0.818. The Hall–Kier alpha value is -1.59. The third kappa shape index (κ3) is 24.7. The molecule has 1 saturated heterocycles. The van der Waals surface area contributed by atoms with Crippen LogP contribution in [0.2, 0.25) is 0 Å². The molecule has 7 atom stereocenters. The summed E-state index contributed by atoms with van der Waals surface area (Å²) in [6.45, 7) is 3.66. The fraction of sp³-hybridized carbons (Fsp3) is 0.837. The van der Waals surface area contributed by atoms with E-state index in [4.69, 9.17) is 9.47 Å². The number of hydrogen-bond acceptors (Lipinski definition) is 8. The number of ether oxygens (including phenoxy) is 2. The average molecular weight is 738 g/mol. The van der Waals surface area contributed by atoms with Crippen molar-refractivity contribution in [1.82, 2.24) is 5.32 Å². The molecule has 0 bridgehead atoms. The topological polar surface area (TPSA) is 149 Å². The first-order chi connectivity index (χ1) is 25.3. The van der Waals surface area contributed by atoms with Gasteiger partial charge in [-0.25, -0.2) is 0 Å². The zero-order valence-electron chi connectivity index (χ0n) is 33.1. The molecule has 1 aliphatic heterocycles. The fourth-order valence-electron chi connectivity index (χ4n) is 6.45. The van der Waals surface area contributed by atoms with Crippen LogP contribution in [0.3, 0.4) is 0 Å².